The number of amides is 1. The predicted molar refractivity (Wildman–Crippen MR) is 140 cm³/mol. The van der Waals surface area contributed by atoms with Crippen molar-refractivity contribution in [3.63, 3.8) is 0 Å². The van der Waals surface area contributed by atoms with Crippen molar-refractivity contribution in [3.8, 4) is 0 Å². The number of piperidine rings is 1. The van der Waals surface area contributed by atoms with Crippen LogP contribution in [0.5, 0.6) is 0 Å². The Hall–Kier alpha value is -3.26. The number of carbonyl (C=O) groups is 1. The minimum absolute atomic E-state index is 0.0110. The Morgan fingerprint density at radius 2 is 2.00 bits per heavy atom. The maximum atomic E-state index is 14.0. The van der Waals surface area contributed by atoms with Gasteiger partial charge < -0.3 is 19.7 Å². The van der Waals surface area contributed by atoms with Crippen LogP contribution in [0.25, 0.3) is 0 Å². The number of aromatic nitrogens is 4. The third-order valence-corrected chi connectivity index (χ3v) is 7.64. The van der Waals surface area contributed by atoms with E-state index in [0.29, 0.717) is 25.1 Å². The SMILES string of the molecule is CC(C)n1cnc(CNc2ncc3c(n2)CN(C(=O)[C@H]2CCN(C)C[C@@H]2c2ccccc2)[C@H](C)C3)c1. The topological polar surface area (TPSA) is 79.2 Å². The van der Waals surface area contributed by atoms with Gasteiger partial charge in [-0.1, -0.05) is 30.3 Å². The smallest absolute Gasteiger partial charge is 0.227 e. The zero-order chi connectivity index (χ0) is 25.2. The first-order valence-corrected chi connectivity index (χ1v) is 13.0. The van der Waals surface area contributed by atoms with Crippen molar-refractivity contribution in [2.24, 2.45) is 5.92 Å². The van der Waals surface area contributed by atoms with Gasteiger partial charge in [-0.05, 0) is 58.3 Å². The summed E-state index contributed by atoms with van der Waals surface area (Å²) < 4.78 is 2.08. The van der Waals surface area contributed by atoms with Crippen LogP contribution in [0.4, 0.5) is 5.95 Å². The molecular formula is C28H37N7O. The van der Waals surface area contributed by atoms with Gasteiger partial charge in [0.25, 0.3) is 0 Å². The minimum atomic E-state index is -0.0110. The number of anilines is 1. The molecular weight excluding hydrogens is 450 g/mol. The lowest BCUT2D eigenvalue weighted by Crippen LogP contribution is -2.50. The zero-order valence-corrected chi connectivity index (χ0v) is 21.8. The van der Waals surface area contributed by atoms with Gasteiger partial charge in [0.05, 0.1) is 30.8 Å². The van der Waals surface area contributed by atoms with Gasteiger partial charge >= 0.3 is 0 Å². The van der Waals surface area contributed by atoms with Crippen LogP contribution in [0.2, 0.25) is 0 Å². The van der Waals surface area contributed by atoms with Crippen molar-refractivity contribution in [3.05, 3.63) is 71.6 Å². The molecule has 8 nitrogen and oxygen atoms in total. The summed E-state index contributed by atoms with van der Waals surface area (Å²) >= 11 is 0. The number of rotatable bonds is 6. The van der Waals surface area contributed by atoms with Crippen LogP contribution in [0.15, 0.2) is 49.1 Å². The second-order valence-corrected chi connectivity index (χ2v) is 10.6. The maximum Gasteiger partial charge on any atom is 0.227 e. The third kappa shape index (κ3) is 5.14. The number of carbonyl (C=O) groups excluding carboxylic acids is 1. The van der Waals surface area contributed by atoms with Crippen molar-refractivity contribution in [2.75, 3.05) is 25.5 Å². The summed E-state index contributed by atoms with van der Waals surface area (Å²) in [5, 5.41) is 3.31. The van der Waals surface area contributed by atoms with Gasteiger partial charge in [-0.2, -0.15) is 0 Å². The first-order valence-electron chi connectivity index (χ1n) is 13.0. The quantitative estimate of drug-likeness (QED) is 0.569. The number of nitrogens with zero attached hydrogens (tertiary/aromatic N) is 6. The van der Waals surface area contributed by atoms with E-state index < -0.39 is 0 Å². The highest BCUT2D eigenvalue weighted by Gasteiger charge is 2.39. The Morgan fingerprint density at radius 1 is 1.19 bits per heavy atom. The largest absolute Gasteiger partial charge is 0.349 e. The van der Waals surface area contributed by atoms with E-state index in [9.17, 15) is 4.79 Å². The summed E-state index contributed by atoms with van der Waals surface area (Å²) in [6.07, 6.45) is 7.47. The normalized spacial score (nSPS) is 22.5. The minimum Gasteiger partial charge on any atom is -0.349 e. The molecule has 1 aromatic carbocycles. The van der Waals surface area contributed by atoms with Crippen molar-refractivity contribution in [1.82, 2.24) is 29.3 Å². The van der Waals surface area contributed by atoms with Crippen LogP contribution in [0, 0.1) is 5.92 Å². The average Bonchev–Trinajstić information content (AvgIpc) is 3.37. The van der Waals surface area contributed by atoms with Gasteiger partial charge in [-0.25, -0.2) is 15.0 Å². The van der Waals surface area contributed by atoms with Gasteiger partial charge in [-0.3, -0.25) is 4.79 Å². The second kappa shape index (κ2) is 10.4. The summed E-state index contributed by atoms with van der Waals surface area (Å²) in [4.78, 5) is 32.2. The number of hydrogen-bond acceptors (Lipinski definition) is 6. The fourth-order valence-corrected chi connectivity index (χ4v) is 5.46. The molecule has 4 heterocycles. The Bertz CT molecular complexity index is 1190. The number of benzene rings is 1. The molecule has 0 spiro atoms. The summed E-state index contributed by atoms with van der Waals surface area (Å²) in [7, 11) is 2.15. The Kier molecular flexibility index (Phi) is 7.05. The van der Waals surface area contributed by atoms with Crippen LogP contribution in [-0.4, -0.2) is 61.4 Å². The third-order valence-electron chi connectivity index (χ3n) is 7.64. The molecule has 2 aliphatic heterocycles. The molecule has 0 radical (unpaired) electrons. The first kappa shape index (κ1) is 24.4. The fourth-order valence-electron chi connectivity index (χ4n) is 5.46. The van der Waals surface area contributed by atoms with Crippen molar-refractivity contribution in [1.29, 1.82) is 0 Å². The molecule has 36 heavy (non-hydrogen) atoms. The maximum absolute atomic E-state index is 14.0. The molecule has 2 aliphatic rings. The molecule has 0 aliphatic carbocycles. The van der Waals surface area contributed by atoms with E-state index in [-0.39, 0.29) is 23.8 Å². The van der Waals surface area contributed by atoms with Gasteiger partial charge in [0.15, 0.2) is 0 Å². The standard InChI is InChI=1S/C28H37N7O/c1-19(2)34-15-23(31-18-34)14-30-28-29-13-22-12-20(3)35(17-26(22)32-28)27(36)24-10-11-33(4)16-25(24)21-8-6-5-7-9-21/h5-9,13,15,18-20,24-25H,10-12,14,16-17H2,1-4H3,(H,29,30,32)/t20-,24+,25-/m1/s1. The van der Waals surface area contributed by atoms with E-state index in [1.807, 2.05) is 24.8 Å². The first-order chi connectivity index (χ1) is 17.4. The molecule has 1 saturated heterocycles. The number of imidazole rings is 1. The number of nitrogens with one attached hydrogen (secondary N) is 1. The number of likely N-dealkylation sites (N-methyl/N-ethyl adjacent to an activating group) is 1. The number of hydrogen-bond donors (Lipinski definition) is 1. The molecule has 0 saturated carbocycles. The molecule has 0 unspecified atom stereocenters. The van der Waals surface area contributed by atoms with E-state index in [0.717, 1.165) is 42.9 Å². The van der Waals surface area contributed by atoms with Gasteiger partial charge in [-0.15, -0.1) is 0 Å². The molecule has 190 valence electrons. The van der Waals surface area contributed by atoms with Crippen molar-refractivity contribution < 1.29 is 4.79 Å². The Balaban J connectivity index is 1.31. The van der Waals surface area contributed by atoms with Gasteiger partial charge in [0.1, 0.15) is 0 Å². The molecule has 1 amide bonds. The van der Waals surface area contributed by atoms with Crippen LogP contribution in [0.3, 0.4) is 0 Å². The van der Waals surface area contributed by atoms with Crippen molar-refractivity contribution in [2.45, 2.75) is 64.7 Å². The van der Waals surface area contributed by atoms with Crippen LogP contribution < -0.4 is 5.32 Å². The van der Waals surface area contributed by atoms with E-state index in [2.05, 4.69) is 81.7 Å². The molecule has 3 aromatic rings. The highest BCUT2D eigenvalue weighted by Crippen LogP contribution is 2.35. The highest BCUT2D eigenvalue weighted by atomic mass is 16.2. The van der Waals surface area contributed by atoms with E-state index in [4.69, 9.17) is 4.98 Å². The molecule has 0 bridgehead atoms. The monoisotopic (exact) mass is 487 g/mol. The predicted octanol–water partition coefficient (Wildman–Crippen LogP) is 3.87. The molecule has 1 fully saturated rings. The molecule has 2 aromatic heterocycles. The van der Waals surface area contributed by atoms with E-state index in [1.54, 1.807) is 0 Å². The van der Waals surface area contributed by atoms with Crippen LogP contribution >= 0.6 is 0 Å². The van der Waals surface area contributed by atoms with Gasteiger partial charge in [0, 0.05) is 42.9 Å². The number of likely N-dealkylation sites (tertiary alicyclic amines) is 1. The fraction of sp³-hybridized carbons (Fsp3) is 0.500. The molecule has 3 atom stereocenters. The number of fused-ring (bicyclic) bond motifs is 1. The lowest BCUT2D eigenvalue weighted by atomic mass is 9.79. The molecule has 1 N–H and O–H groups in total. The lowest BCUT2D eigenvalue weighted by molar-refractivity contribution is -0.141. The van der Waals surface area contributed by atoms with Crippen molar-refractivity contribution >= 4 is 11.9 Å². The highest BCUT2D eigenvalue weighted by molar-refractivity contribution is 5.80. The summed E-state index contributed by atoms with van der Waals surface area (Å²) in [6, 6.07) is 11.0. The second-order valence-electron chi connectivity index (χ2n) is 10.6. The molecule has 8 heteroatoms. The van der Waals surface area contributed by atoms with Crippen LogP contribution in [-0.2, 0) is 24.3 Å². The Labute approximate surface area is 213 Å². The lowest BCUT2D eigenvalue weighted by Gasteiger charge is -2.42. The average molecular weight is 488 g/mol. The summed E-state index contributed by atoms with van der Waals surface area (Å²) in [5.74, 6) is 1.03. The van der Waals surface area contributed by atoms with Gasteiger partial charge in [0.2, 0.25) is 11.9 Å². The van der Waals surface area contributed by atoms with E-state index in [1.165, 1.54) is 5.56 Å². The summed E-state index contributed by atoms with van der Waals surface area (Å²) in [6.45, 7) is 9.35. The van der Waals surface area contributed by atoms with Crippen LogP contribution in [0.1, 0.15) is 61.7 Å². The van der Waals surface area contributed by atoms with E-state index >= 15 is 0 Å². The zero-order valence-electron chi connectivity index (χ0n) is 21.8. The molecule has 5 rings (SSSR count). The summed E-state index contributed by atoms with van der Waals surface area (Å²) in [5.41, 5.74) is 4.27. The Morgan fingerprint density at radius 3 is 2.75 bits per heavy atom.